The third-order valence-electron chi connectivity index (χ3n) is 2.20. The first kappa shape index (κ1) is 16.6. The van der Waals surface area contributed by atoms with Gasteiger partial charge in [0, 0.05) is 19.3 Å². The molecule has 0 bridgehead atoms. The van der Waals surface area contributed by atoms with Crippen LogP contribution in [0.3, 0.4) is 0 Å². The Morgan fingerprint density at radius 3 is 2.61 bits per heavy atom. The average molecular weight is 253 g/mol. The summed E-state index contributed by atoms with van der Waals surface area (Å²) >= 11 is 0. The van der Waals surface area contributed by atoms with Gasteiger partial charge < -0.3 is 9.64 Å². The summed E-state index contributed by atoms with van der Waals surface area (Å²) in [6.07, 6.45) is 1.38. The first-order valence-corrected chi connectivity index (χ1v) is 6.03. The van der Waals surface area contributed by atoms with Crippen molar-refractivity contribution < 1.29 is 9.53 Å². The predicted octanol–water partition coefficient (Wildman–Crippen LogP) is 1.35. The van der Waals surface area contributed by atoms with Gasteiger partial charge in [-0.3, -0.25) is 9.79 Å². The van der Waals surface area contributed by atoms with Crippen LogP contribution < -0.4 is 0 Å². The summed E-state index contributed by atoms with van der Waals surface area (Å²) in [6, 6.07) is 1.88. The first-order chi connectivity index (χ1) is 8.32. The van der Waals surface area contributed by atoms with Crippen molar-refractivity contribution in [3.05, 3.63) is 0 Å². The third-order valence-corrected chi connectivity index (χ3v) is 2.20. The molecule has 102 valence electrons. The van der Waals surface area contributed by atoms with Crippen LogP contribution in [0.5, 0.6) is 0 Å². The largest absolute Gasteiger partial charge is 0.465 e. The summed E-state index contributed by atoms with van der Waals surface area (Å²) in [7, 11) is 4.00. The fourth-order valence-corrected chi connectivity index (χ4v) is 1.69. The summed E-state index contributed by atoms with van der Waals surface area (Å²) < 4.78 is 4.78. The molecule has 0 aliphatic carbocycles. The molecule has 0 fully saturated rings. The van der Waals surface area contributed by atoms with Gasteiger partial charge in [0.2, 0.25) is 0 Å². The normalized spacial score (nSPS) is 13.6. The maximum Gasteiger partial charge on any atom is 0.328 e. The van der Waals surface area contributed by atoms with E-state index in [1.54, 1.807) is 6.92 Å². The van der Waals surface area contributed by atoms with Crippen molar-refractivity contribution in [3.63, 3.8) is 0 Å². The molecule has 0 spiro atoms. The number of carbonyl (C=O) groups excluding carboxylic acids is 1. The van der Waals surface area contributed by atoms with Crippen molar-refractivity contribution in [3.8, 4) is 6.07 Å². The van der Waals surface area contributed by atoms with Crippen LogP contribution in [-0.4, -0.2) is 50.9 Å². The molecule has 0 unspecified atom stereocenters. The highest BCUT2D eigenvalue weighted by atomic mass is 16.5. The Kier molecular flexibility index (Phi) is 7.21. The van der Waals surface area contributed by atoms with Gasteiger partial charge in [-0.15, -0.1) is 0 Å². The summed E-state index contributed by atoms with van der Waals surface area (Å²) in [5.74, 6) is -1.44. The second kappa shape index (κ2) is 7.83. The fraction of sp³-hybridized carbons (Fsp3) is 0.769. The summed E-state index contributed by atoms with van der Waals surface area (Å²) in [5, 5.41) is 8.85. The molecule has 1 atom stereocenters. The van der Waals surface area contributed by atoms with Crippen LogP contribution in [0.25, 0.3) is 0 Å². The molecule has 0 amide bonds. The maximum atomic E-state index is 11.4. The van der Waals surface area contributed by atoms with Gasteiger partial charge in [0.05, 0.1) is 12.7 Å². The van der Waals surface area contributed by atoms with Gasteiger partial charge in [-0.05, 0) is 26.4 Å². The van der Waals surface area contributed by atoms with Crippen LogP contribution in [0.1, 0.15) is 20.8 Å². The van der Waals surface area contributed by atoms with E-state index in [4.69, 9.17) is 10.00 Å². The van der Waals surface area contributed by atoms with E-state index in [1.807, 2.05) is 20.2 Å². The Bertz CT molecular complexity index is 330. The molecule has 5 nitrogen and oxygen atoms in total. The van der Waals surface area contributed by atoms with Gasteiger partial charge in [-0.1, -0.05) is 13.8 Å². The molecule has 18 heavy (non-hydrogen) atoms. The SMILES string of the molecule is CCOC(=O)[C@H](C#N)C=NCC(C)(C)CN(C)C. The highest BCUT2D eigenvalue weighted by Crippen LogP contribution is 2.16. The number of ether oxygens (including phenoxy) is 1. The first-order valence-electron chi connectivity index (χ1n) is 6.03. The van der Waals surface area contributed by atoms with E-state index < -0.39 is 11.9 Å². The topological polar surface area (TPSA) is 65.7 Å². The van der Waals surface area contributed by atoms with Crippen molar-refractivity contribution in [1.82, 2.24) is 4.90 Å². The molecule has 0 saturated heterocycles. The number of rotatable bonds is 7. The van der Waals surface area contributed by atoms with E-state index in [9.17, 15) is 4.79 Å². The Balaban J connectivity index is 4.37. The predicted molar refractivity (Wildman–Crippen MR) is 71.4 cm³/mol. The van der Waals surface area contributed by atoms with E-state index in [0.29, 0.717) is 6.54 Å². The van der Waals surface area contributed by atoms with Gasteiger partial charge >= 0.3 is 5.97 Å². The van der Waals surface area contributed by atoms with Crippen LogP contribution in [0.15, 0.2) is 4.99 Å². The standard InChI is InChI=1S/C13H23N3O2/c1-6-18-12(17)11(7-14)8-15-9-13(2,3)10-16(4)5/h8,11H,6,9-10H2,1-5H3/t11-/m1/s1. The lowest BCUT2D eigenvalue weighted by Crippen LogP contribution is -2.31. The van der Waals surface area contributed by atoms with Gasteiger partial charge in [0.25, 0.3) is 0 Å². The fourth-order valence-electron chi connectivity index (χ4n) is 1.69. The molecule has 0 aliphatic rings. The number of hydrogen-bond donors (Lipinski definition) is 0. The zero-order chi connectivity index (χ0) is 14.2. The minimum Gasteiger partial charge on any atom is -0.465 e. The molecule has 0 aliphatic heterocycles. The molecule has 0 N–H and O–H groups in total. The number of nitriles is 1. The monoisotopic (exact) mass is 253 g/mol. The molecule has 0 aromatic rings. The lowest BCUT2D eigenvalue weighted by Gasteiger charge is -2.26. The highest BCUT2D eigenvalue weighted by molar-refractivity contribution is 5.92. The number of hydrogen-bond acceptors (Lipinski definition) is 5. The summed E-state index contributed by atoms with van der Waals surface area (Å²) in [5.41, 5.74) is 0.00860. The van der Waals surface area contributed by atoms with Crippen LogP contribution in [0.4, 0.5) is 0 Å². The molecule has 0 radical (unpaired) electrons. The molecule has 0 heterocycles. The van der Waals surface area contributed by atoms with E-state index in [1.165, 1.54) is 6.21 Å². The van der Waals surface area contributed by atoms with Crippen LogP contribution in [-0.2, 0) is 9.53 Å². The van der Waals surface area contributed by atoms with Gasteiger partial charge in [-0.25, -0.2) is 0 Å². The molecule has 0 rings (SSSR count). The van der Waals surface area contributed by atoms with Crippen molar-refractivity contribution >= 4 is 12.2 Å². The van der Waals surface area contributed by atoms with Crippen molar-refractivity contribution in [2.45, 2.75) is 20.8 Å². The van der Waals surface area contributed by atoms with E-state index >= 15 is 0 Å². The Labute approximate surface area is 109 Å². The highest BCUT2D eigenvalue weighted by Gasteiger charge is 2.20. The minimum atomic E-state index is -0.903. The molecular weight excluding hydrogens is 230 g/mol. The van der Waals surface area contributed by atoms with Crippen LogP contribution in [0, 0.1) is 22.7 Å². The molecule has 0 aromatic heterocycles. The molecular formula is C13H23N3O2. The second-order valence-electron chi connectivity index (χ2n) is 5.25. The van der Waals surface area contributed by atoms with Gasteiger partial charge in [0.15, 0.2) is 5.92 Å². The lowest BCUT2D eigenvalue weighted by molar-refractivity contribution is -0.143. The zero-order valence-electron chi connectivity index (χ0n) is 11.9. The maximum absolute atomic E-state index is 11.4. The number of carbonyl (C=O) groups is 1. The van der Waals surface area contributed by atoms with Crippen molar-refractivity contribution in [2.24, 2.45) is 16.3 Å². The summed E-state index contributed by atoms with van der Waals surface area (Å²) in [6.45, 7) is 7.64. The minimum absolute atomic E-state index is 0.00860. The third kappa shape index (κ3) is 7.02. The Hall–Kier alpha value is -1.41. The number of esters is 1. The Morgan fingerprint density at radius 2 is 2.17 bits per heavy atom. The van der Waals surface area contributed by atoms with E-state index in [0.717, 1.165) is 6.54 Å². The van der Waals surface area contributed by atoms with Crippen molar-refractivity contribution in [2.75, 3.05) is 33.8 Å². The second-order valence-corrected chi connectivity index (χ2v) is 5.25. The van der Waals surface area contributed by atoms with E-state index in [2.05, 4.69) is 23.7 Å². The molecule has 0 saturated carbocycles. The number of aliphatic imine (C=N–C) groups is 1. The molecule has 0 aromatic carbocycles. The Morgan fingerprint density at radius 1 is 1.56 bits per heavy atom. The number of nitrogens with zero attached hydrogens (tertiary/aromatic N) is 3. The van der Waals surface area contributed by atoms with Crippen molar-refractivity contribution in [1.29, 1.82) is 5.26 Å². The van der Waals surface area contributed by atoms with Gasteiger partial charge in [0.1, 0.15) is 0 Å². The lowest BCUT2D eigenvalue weighted by atomic mass is 9.93. The van der Waals surface area contributed by atoms with E-state index in [-0.39, 0.29) is 12.0 Å². The average Bonchev–Trinajstić information content (AvgIpc) is 2.22. The zero-order valence-corrected chi connectivity index (χ0v) is 11.9. The smallest absolute Gasteiger partial charge is 0.328 e. The van der Waals surface area contributed by atoms with Crippen LogP contribution in [0.2, 0.25) is 0 Å². The molecule has 5 heteroatoms. The quantitative estimate of drug-likeness (QED) is 0.507. The summed E-state index contributed by atoms with van der Waals surface area (Å²) in [4.78, 5) is 17.6. The van der Waals surface area contributed by atoms with Gasteiger partial charge in [-0.2, -0.15) is 5.26 Å². The van der Waals surface area contributed by atoms with Crippen LogP contribution >= 0.6 is 0 Å².